The van der Waals surface area contributed by atoms with Crippen LogP contribution in [0.5, 0.6) is 0 Å². The van der Waals surface area contributed by atoms with Crippen molar-refractivity contribution < 1.29 is 4.79 Å². The van der Waals surface area contributed by atoms with Crippen LogP contribution in [0.1, 0.15) is 16.7 Å². The largest absolute Gasteiger partial charge is 0.330 e. The Kier molecular flexibility index (Phi) is 4.58. The molecule has 0 saturated carbocycles. The molecule has 2 aromatic heterocycles. The van der Waals surface area contributed by atoms with Crippen LogP contribution in [-0.2, 0) is 25.3 Å². The molecule has 0 aliphatic carbocycles. The van der Waals surface area contributed by atoms with Crippen LogP contribution in [0.2, 0.25) is 0 Å². The first-order valence-electron chi connectivity index (χ1n) is 9.11. The first-order chi connectivity index (χ1) is 13.8. The van der Waals surface area contributed by atoms with Gasteiger partial charge in [0.15, 0.2) is 5.13 Å². The molecule has 0 saturated heterocycles. The highest BCUT2D eigenvalue weighted by atomic mass is 32.1. The predicted octanol–water partition coefficient (Wildman–Crippen LogP) is 2.64. The quantitative estimate of drug-likeness (QED) is 0.565. The molecule has 2 aromatic carbocycles. The molecule has 0 radical (unpaired) electrons. The number of hydrogen-bond donors (Lipinski definition) is 1. The van der Waals surface area contributed by atoms with E-state index >= 15 is 0 Å². The molecule has 0 spiro atoms. The number of carbonyl (C=O) groups is 1. The number of anilines is 1. The van der Waals surface area contributed by atoms with Crippen molar-refractivity contribution in [1.82, 2.24) is 14.1 Å². The van der Waals surface area contributed by atoms with Crippen molar-refractivity contribution in [3.8, 4) is 0 Å². The van der Waals surface area contributed by atoms with Gasteiger partial charge in [-0.2, -0.15) is 0 Å². The number of aryl methyl sites for hydroxylation is 3. The van der Waals surface area contributed by atoms with Crippen molar-refractivity contribution in [2.75, 3.05) is 5.32 Å². The minimum absolute atomic E-state index is 0.0127. The standard InChI is InChI=1S/C21H20N4O3S/c1-11-8-14-16(9-12(11)2)29-20(22-14)23-17(26)10-13-6-5-7-15-18(13)19(27)25(4)21(28)24(15)3/h5-9H,10H2,1-4H3,(H,22,23,26). The van der Waals surface area contributed by atoms with E-state index in [4.69, 9.17) is 0 Å². The lowest BCUT2D eigenvalue weighted by molar-refractivity contribution is -0.115. The van der Waals surface area contributed by atoms with Gasteiger partial charge < -0.3 is 5.32 Å². The lowest BCUT2D eigenvalue weighted by Gasteiger charge is -2.10. The van der Waals surface area contributed by atoms with Crippen LogP contribution in [0.25, 0.3) is 21.1 Å². The number of fused-ring (bicyclic) bond motifs is 2. The zero-order chi connectivity index (χ0) is 20.9. The third-order valence-electron chi connectivity index (χ3n) is 5.18. The van der Waals surface area contributed by atoms with Crippen LogP contribution in [0, 0.1) is 13.8 Å². The molecular weight excluding hydrogens is 388 g/mol. The topological polar surface area (TPSA) is 86.0 Å². The molecular formula is C21H20N4O3S. The molecule has 0 fully saturated rings. The Labute approximate surface area is 170 Å². The molecule has 7 nitrogen and oxygen atoms in total. The van der Waals surface area contributed by atoms with Crippen molar-refractivity contribution in [3.05, 3.63) is 67.9 Å². The normalized spacial score (nSPS) is 11.3. The molecule has 8 heteroatoms. The maximum Gasteiger partial charge on any atom is 0.330 e. The summed E-state index contributed by atoms with van der Waals surface area (Å²) in [6, 6.07) is 9.25. The fourth-order valence-electron chi connectivity index (χ4n) is 3.41. The second kappa shape index (κ2) is 6.97. The molecule has 0 aliphatic heterocycles. The van der Waals surface area contributed by atoms with E-state index in [2.05, 4.69) is 16.4 Å². The first kappa shape index (κ1) is 19.1. The van der Waals surface area contributed by atoms with Crippen molar-refractivity contribution in [1.29, 1.82) is 0 Å². The minimum atomic E-state index is -0.405. The summed E-state index contributed by atoms with van der Waals surface area (Å²) in [6.45, 7) is 4.07. The zero-order valence-electron chi connectivity index (χ0n) is 16.6. The Morgan fingerprint density at radius 3 is 2.59 bits per heavy atom. The van der Waals surface area contributed by atoms with E-state index in [1.807, 2.05) is 19.9 Å². The summed E-state index contributed by atoms with van der Waals surface area (Å²) in [6.07, 6.45) is 0.0127. The Morgan fingerprint density at radius 1 is 1.10 bits per heavy atom. The average Bonchev–Trinajstić information content (AvgIpc) is 3.05. The van der Waals surface area contributed by atoms with Crippen LogP contribution in [0.4, 0.5) is 5.13 Å². The Hall–Kier alpha value is -3.26. The Bertz CT molecular complexity index is 1370. The molecule has 4 aromatic rings. The highest BCUT2D eigenvalue weighted by molar-refractivity contribution is 7.22. The summed E-state index contributed by atoms with van der Waals surface area (Å²) in [4.78, 5) is 42.0. The van der Waals surface area contributed by atoms with E-state index in [-0.39, 0.29) is 12.3 Å². The third kappa shape index (κ3) is 3.25. The average molecular weight is 408 g/mol. The number of benzene rings is 2. The van der Waals surface area contributed by atoms with Crippen LogP contribution in [0.3, 0.4) is 0 Å². The summed E-state index contributed by atoms with van der Waals surface area (Å²) in [5.41, 5.74) is 3.46. The lowest BCUT2D eigenvalue weighted by Crippen LogP contribution is -2.37. The van der Waals surface area contributed by atoms with Gasteiger partial charge in [-0.15, -0.1) is 0 Å². The number of amides is 1. The van der Waals surface area contributed by atoms with Crippen LogP contribution < -0.4 is 16.6 Å². The maximum atomic E-state index is 12.7. The van der Waals surface area contributed by atoms with Crippen LogP contribution in [0.15, 0.2) is 39.9 Å². The molecule has 1 N–H and O–H groups in total. The van der Waals surface area contributed by atoms with E-state index in [0.29, 0.717) is 21.6 Å². The van der Waals surface area contributed by atoms with E-state index in [9.17, 15) is 14.4 Å². The predicted molar refractivity (Wildman–Crippen MR) is 116 cm³/mol. The summed E-state index contributed by atoms with van der Waals surface area (Å²) < 4.78 is 3.48. The maximum absolute atomic E-state index is 12.7. The third-order valence-corrected chi connectivity index (χ3v) is 6.12. The van der Waals surface area contributed by atoms with Crippen molar-refractivity contribution in [2.24, 2.45) is 14.1 Å². The van der Waals surface area contributed by atoms with Gasteiger partial charge in [0.05, 0.1) is 27.5 Å². The van der Waals surface area contributed by atoms with Gasteiger partial charge >= 0.3 is 5.69 Å². The smallest absolute Gasteiger partial charge is 0.302 e. The van der Waals surface area contributed by atoms with Crippen molar-refractivity contribution in [3.63, 3.8) is 0 Å². The molecule has 29 heavy (non-hydrogen) atoms. The molecule has 148 valence electrons. The highest BCUT2D eigenvalue weighted by Gasteiger charge is 2.15. The molecule has 0 atom stereocenters. The van der Waals surface area contributed by atoms with Gasteiger partial charge in [-0.25, -0.2) is 9.78 Å². The van der Waals surface area contributed by atoms with Crippen LogP contribution in [-0.4, -0.2) is 20.0 Å². The van der Waals surface area contributed by atoms with Crippen LogP contribution >= 0.6 is 11.3 Å². The van der Waals surface area contributed by atoms with E-state index in [1.54, 1.807) is 25.2 Å². The Morgan fingerprint density at radius 2 is 1.83 bits per heavy atom. The van der Waals surface area contributed by atoms with Gasteiger partial charge in [-0.1, -0.05) is 23.5 Å². The van der Waals surface area contributed by atoms with Gasteiger partial charge in [-0.3, -0.25) is 18.7 Å². The molecule has 4 rings (SSSR count). The summed E-state index contributed by atoms with van der Waals surface area (Å²) in [5.74, 6) is -0.263. The fraction of sp³-hybridized carbons (Fsp3) is 0.238. The van der Waals surface area contributed by atoms with E-state index < -0.39 is 11.2 Å². The number of carbonyl (C=O) groups excluding carboxylic acids is 1. The van der Waals surface area contributed by atoms with E-state index in [1.165, 1.54) is 28.5 Å². The monoisotopic (exact) mass is 408 g/mol. The number of nitrogens with zero attached hydrogens (tertiary/aromatic N) is 3. The van der Waals surface area contributed by atoms with Crippen molar-refractivity contribution in [2.45, 2.75) is 20.3 Å². The summed E-state index contributed by atoms with van der Waals surface area (Å²) in [7, 11) is 3.05. The second-order valence-corrected chi connectivity index (χ2v) is 8.20. The first-order valence-corrected chi connectivity index (χ1v) is 9.93. The summed E-state index contributed by atoms with van der Waals surface area (Å²) >= 11 is 1.42. The van der Waals surface area contributed by atoms with Gasteiger partial charge in [0.1, 0.15) is 0 Å². The number of aromatic nitrogens is 3. The number of thiazole rings is 1. The molecule has 1 amide bonds. The molecule has 0 aliphatic rings. The van der Waals surface area contributed by atoms with Gasteiger partial charge in [0.2, 0.25) is 5.91 Å². The molecule has 2 heterocycles. The lowest BCUT2D eigenvalue weighted by atomic mass is 10.1. The number of nitrogens with one attached hydrogen (secondary N) is 1. The van der Waals surface area contributed by atoms with Gasteiger partial charge in [-0.05, 0) is 48.7 Å². The Balaban J connectivity index is 1.68. The SMILES string of the molecule is Cc1cc2nc(NC(=O)Cc3cccc4c3c(=O)n(C)c(=O)n4C)sc2cc1C. The van der Waals surface area contributed by atoms with Gasteiger partial charge in [0.25, 0.3) is 5.56 Å². The number of rotatable bonds is 3. The molecule has 0 bridgehead atoms. The summed E-state index contributed by atoms with van der Waals surface area (Å²) in [5, 5.41) is 3.74. The van der Waals surface area contributed by atoms with Gasteiger partial charge in [0, 0.05) is 14.1 Å². The second-order valence-electron chi connectivity index (χ2n) is 7.17. The van der Waals surface area contributed by atoms with E-state index in [0.717, 1.165) is 20.3 Å². The highest BCUT2D eigenvalue weighted by Crippen LogP contribution is 2.28. The number of hydrogen-bond acceptors (Lipinski definition) is 5. The zero-order valence-corrected chi connectivity index (χ0v) is 17.4. The van der Waals surface area contributed by atoms with Crippen molar-refractivity contribution >= 4 is 43.5 Å². The molecule has 0 unspecified atom stereocenters. The minimum Gasteiger partial charge on any atom is -0.302 e. The fourth-order valence-corrected chi connectivity index (χ4v) is 4.37.